The number of benzene rings is 1. The van der Waals surface area contributed by atoms with Gasteiger partial charge in [-0.25, -0.2) is 0 Å². The summed E-state index contributed by atoms with van der Waals surface area (Å²) in [5.74, 6) is -0.578. The maximum absolute atomic E-state index is 12.1. The van der Waals surface area contributed by atoms with Gasteiger partial charge in [-0.3, -0.25) is 9.59 Å². The summed E-state index contributed by atoms with van der Waals surface area (Å²) in [4.78, 5) is 23.1. The van der Waals surface area contributed by atoms with Gasteiger partial charge in [-0.15, -0.1) is 0 Å². The highest BCUT2D eigenvalue weighted by Gasteiger charge is 2.31. The van der Waals surface area contributed by atoms with Crippen molar-refractivity contribution >= 4 is 23.2 Å². The molecular weight excluding hydrogens is 258 g/mol. The summed E-state index contributed by atoms with van der Waals surface area (Å²) in [5, 5.41) is 5.55. The minimum atomic E-state index is -0.315. The topological polar surface area (TPSA) is 93.5 Å². The van der Waals surface area contributed by atoms with Gasteiger partial charge in [0, 0.05) is 24.3 Å². The average molecular weight is 277 g/mol. The molecule has 1 fully saturated rings. The second kappa shape index (κ2) is 6.02. The number of hydrogen-bond donors (Lipinski definition) is 3. The van der Waals surface area contributed by atoms with Crippen LogP contribution in [0, 0.1) is 12.8 Å². The molecule has 6 heteroatoms. The molecule has 1 aliphatic heterocycles. The number of nitrogens with one attached hydrogen (secondary N) is 2. The van der Waals surface area contributed by atoms with Crippen molar-refractivity contribution in [1.29, 1.82) is 0 Å². The first kappa shape index (κ1) is 14.5. The lowest BCUT2D eigenvalue weighted by Crippen LogP contribution is -2.37. The van der Waals surface area contributed by atoms with Crippen LogP contribution in [0.25, 0.3) is 0 Å². The maximum Gasteiger partial charge on any atom is 0.231 e. The fourth-order valence-electron chi connectivity index (χ4n) is 2.15. The minimum Gasteiger partial charge on any atom is -0.379 e. The Morgan fingerprint density at radius 2 is 2.05 bits per heavy atom. The van der Waals surface area contributed by atoms with E-state index in [0.29, 0.717) is 18.9 Å². The van der Waals surface area contributed by atoms with Crippen molar-refractivity contribution in [2.75, 3.05) is 23.8 Å². The number of rotatable bonds is 3. The van der Waals surface area contributed by atoms with Crippen LogP contribution in [-0.2, 0) is 14.3 Å². The van der Waals surface area contributed by atoms with Crippen molar-refractivity contribution in [3.05, 3.63) is 23.8 Å². The zero-order valence-corrected chi connectivity index (χ0v) is 11.6. The van der Waals surface area contributed by atoms with Crippen molar-refractivity contribution in [1.82, 2.24) is 0 Å². The molecule has 2 unspecified atom stereocenters. The van der Waals surface area contributed by atoms with Crippen molar-refractivity contribution in [3.8, 4) is 0 Å². The normalized spacial score (nSPS) is 21.6. The zero-order valence-electron chi connectivity index (χ0n) is 11.6. The smallest absolute Gasteiger partial charge is 0.231 e. The standard InChI is InChI=1S/C14H19N3O3/c1-8-5-10(3-4-13(8)16-9(2)18)17-14(19)11-6-20-7-12(11)15/h3-5,11-12H,6-7,15H2,1-2H3,(H,16,18)(H,17,19). The van der Waals surface area contributed by atoms with E-state index in [4.69, 9.17) is 10.5 Å². The second-order valence-corrected chi connectivity index (χ2v) is 5.01. The molecule has 0 aromatic heterocycles. The molecule has 1 saturated heterocycles. The highest BCUT2D eigenvalue weighted by atomic mass is 16.5. The Hall–Kier alpha value is -1.92. The predicted octanol–water partition coefficient (Wildman–Crippen LogP) is 0.866. The summed E-state index contributed by atoms with van der Waals surface area (Å²) in [6, 6.07) is 5.06. The largest absolute Gasteiger partial charge is 0.379 e. The van der Waals surface area contributed by atoms with Gasteiger partial charge in [0.2, 0.25) is 11.8 Å². The monoisotopic (exact) mass is 277 g/mol. The van der Waals surface area contributed by atoms with Gasteiger partial charge in [-0.1, -0.05) is 0 Å². The molecule has 6 nitrogen and oxygen atoms in total. The lowest BCUT2D eigenvalue weighted by Gasteiger charge is -2.14. The quantitative estimate of drug-likeness (QED) is 0.764. The van der Waals surface area contributed by atoms with Crippen LogP contribution < -0.4 is 16.4 Å². The number of carbonyl (C=O) groups is 2. The molecule has 0 spiro atoms. The van der Waals surface area contributed by atoms with Crippen molar-refractivity contribution in [2.24, 2.45) is 11.7 Å². The fraction of sp³-hybridized carbons (Fsp3) is 0.429. The average Bonchev–Trinajstić information content (AvgIpc) is 2.78. The summed E-state index contributed by atoms with van der Waals surface area (Å²) >= 11 is 0. The third-order valence-corrected chi connectivity index (χ3v) is 3.27. The Balaban J connectivity index is 2.04. The van der Waals surface area contributed by atoms with Gasteiger partial charge in [-0.2, -0.15) is 0 Å². The summed E-state index contributed by atoms with van der Waals surface area (Å²) in [6.45, 7) is 4.09. The maximum atomic E-state index is 12.1. The zero-order chi connectivity index (χ0) is 14.7. The highest BCUT2D eigenvalue weighted by molar-refractivity contribution is 5.94. The number of carbonyl (C=O) groups excluding carboxylic acids is 2. The molecule has 20 heavy (non-hydrogen) atoms. The van der Waals surface area contributed by atoms with Crippen LogP contribution in [0.2, 0.25) is 0 Å². The summed E-state index contributed by atoms with van der Waals surface area (Å²) in [7, 11) is 0. The van der Waals surface area contributed by atoms with Crippen LogP contribution in [0.15, 0.2) is 18.2 Å². The minimum absolute atomic E-state index is 0.126. The predicted molar refractivity (Wildman–Crippen MR) is 76.4 cm³/mol. The third kappa shape index (κ3) is 3.34. The number of anilines is 2. The molecule has 0 bridgehead atoms. The Kier molecular flexibility index (Phi) is 4.36. The molecule has 0 radical (unpaired) electrons. The molecule has 0 saturated carbocycles. The van der Waals surface area contributed by atoms with E-state index in [1.165, 1.54) is 6.92 Å². The van der Waals surface area contributed by atoms with E-state index in [2.05, 4.69) is 10.6 Å². The van der Waals surface area contributed by atoms with Crippen molar-refractivity contribution in [2.45, 2.75) is 19.9 Å². The third-order valence-electron chi connectivity index (χ3n) is 3.27. The van der Waals surface area contributed by atoms with Crippen LogP contribution in [0.4, 0.5) is 11.4 Å². The highest BCUT2D eigenvalue weighted by Crippen LogP contribution is 2.21. The first-order valence-electron chi connectivity index (χ1n) is 6.50. The van der Waals surface area contributed by atoms with Gasteiger partial charge in [0.25, 0.3) is 0 Å². The molecule has 1 aliphatic rings. The molecule has 2 rings (SSSR count). The van der Waals surface area contributed by atoms with E-state index in [9.17, 15) is 9.59 Å². The van der Waals surface area contributed by atoms with Gasteiger partial charge in [0.15, 0.2) is 0 Å². The summed E-state index contributed by atoms with van der Waals surface area (Å²) < 4.78 is 5.18. The number of aryl methyl sites for hydroxylation is 1. The van der Waals surface area contributed by atoms with Crippen LogP contribution in [0.5, 0.6) is 0 Å². The number of ether oxygens (including phenoxy) is 1. The van der Waals surface area contributed by atoms with E-state index >= 15 is 0 Å². The Bertz CT molecular complexity index is 530. The summed E-state index contributed by atoms with van der Waals surface area (Å²) in [5.41, 5.74) is 8.10. The van der Waals surface area contributed by atoms with E-state index in [0.717, 1.165) is 11.3 Å². The molecule has 2 atom stereocenters. The molecule has 4 N–H and O–H groups in total. The van der Waals surface area contributed by atoms with E-state index < -0.39 is 0 Å². The number of amides is 2. The molecule has 1 aromatic carbocycles. The van der Waals surface area contributed by atoms with E-state index in [1.807, 2.05) is 13.0 Å². The molecule has 0 aliphatic carbocycles. The molecule has 2 amide bonds. The van der Waals surface area contributed by atoms with Crippen LogP contribution in [-0.4, -0.2) is 31.1 Å². The van der Waals surface area contributed by atoms with Gasteiger partial charge < -0.3 is 21.1 Å². The summed E-state index contributed by atoms with van der Waals surface area (Å²) in [6.07, 6.45) is 0. The van der Waals surface area contributed by atoms with Gasteiger partial charge in [0.05, 0.1) is 19.1 Å². The van der Waals surface area contributed by atoms with Crippen LogP contribution in [0.3, 0.4) is 0 Å². The van der Waals surface area contributed by atoms with Crippen LogP contribution >= 0.6 is 0 Å². The van der Waals surface area contributed by atoms with Gasteiger partial charge >= 0.3 is 0 Å². The van der Waals surface area contributed by atoms with Gasteiger partial charge in [-0.05, 0) is 30.7 Å². The molecular formula is C14H19N3O3. The van der Waals surface area contributed by atoms with Crippen molar-refractivity contribution in [3.63, 3.8) is 0 Å². The molecule has 1 aromatic rings. The fourth-order valence-corrected chi connectivity index (χ4v) is 2.15. The van der Waals surface area contributed by atoms with E-state index in [1.54, 1.807) is 12.1 Å². The van der Waals surface area contributed by atoms with Gasteiger partial charge in [0.1, 0.15) is 0 Å². The lowest BCUT2D eigenvalue weighted by molar-refractivity contribution is -0.120. The number of hydrogen-bond acceptors (Lipinski definition) is 4. The number of nitrogens with two attached hydrogens (primary N) is 1. The lowest BCUT2D eigenvalue weighted by atomic mass is 10.0. The van der Waals surface area contributed by atoms with Crippen LogP contribution in [0.1, 0.15) is 12.5 Å². The Labute approximate surface area is 117 Å². The second-order valence-electron chi connectivity index (χ2n) is 5.01. The van der Waals surface area contributed by atoms with Crippen molar-refractivity contribution < 1.29 is 14.3 Å². The van der Waals surface area contributed by atoms with E-state index in [-0.39, 0.29) is 23.8 Å². The first-order chi connectivity index (χ1) is 9.47. The SMILES string of the molecule is CC(=O)Nc1ccc(NC(=O)C2COCC2N)cc1C. The Morgan fingerprint density at radius 1 is 1.30 bits per heavy atom. The first-order valence-corrected chi connectivity index (χ1v) is 6.50. The Morgan fingerprint density at radius 3 is 2.60 bits per heavy atom. The molecule has 108 valence electrons. The molecule has 1 heterocycles.